The molecule has 0 saturated heterocycles. The van der Waals surface area contributed by atoms with Gasteiger partial charge in [0.1, 0.15) is 5.75 Å². The van der Waals surface area contributed by atoms with E-state index in [1.807, 2.05) is 6.92 Å². The average Bonchev–Trinajstić information content (AvgIpc) is 2.25. The largest absolute Gasteiger partial charge is 0.493 e. The summed E-state index contributed by atoms with van der Waals surface area (Å²) in [4.78, 5) is 10.6. The van der Waals surface area contributed by atoms with Gasteiger partial charge < -0.3 is 4.74 Å². The maximum Gasteiger partial charge on any atom is 0.245 e. The van der Waals surface area contributed by atoms with Crippen LogP contribution < -0.4 is 4.74 Å². The van der Waals surface area contributed by atoms with E-state index in [-0.39, 0.29) is 0 Å². The lowest BCUT2D eigenvalue weighted by atomic mass is 10.2. The third-order valence-corrected chi connectivity index (χ3v) is 2.19. The molecule has 0 heterocycles. The molecule has 16 heavy (non-hydrogen) atoms. The van der Waals surface area contributed by atoms with E-state index in [1.165, 1.54) is 6.08 Å². The van der Waals surface area contributed by atoms with Gasteiger partial charge >= 0.3 is 0 Å². The number of rotatable bonds is 5. The zero-order chi connectivity index (χ0) is 12.0. The van der Waals surface area contributed by atoms with Crippen LogP contribution >= 0.6 is 23.2 Å². The number of allylic oxidation sites excluding steroid dienone is 1. The molecule has 2 nitrogen and oxygen atoms in total. The zero-order valence-corrected chi connectivity index (χ0v) is 10.4. The summed E-state index contributed by atoms with van der Waals surface area (Å²) in [6.45, 7) is 2.64. The number of carbonyl (C=O) groups excluding carboxylic acids is 1. The van der Waals surface area contributed by atoms with Gasteiger partial charge in [-0.05, 0) is 48.4 Å². The third-order valence-electron chi connectivity index (χ3n) is 1.83. The SMILES string of the molecule is CCCOc1ccc(Cl)cc1/C=C/C(=O)Cl. The Morgan fingerprint density at radius 2 is 2.25 bits per heavy atom. The molecule has 0 radical (unpaired) electrons. The quantitative estimate of drug-likeness (QED) is 0.592. The van der Waals surface area contributed by atoms with Crippen LogP contribution in [0.5, 0.6) is 5.75 Å². The van der Waals surface area contributed by atoms with Gasteiger partial charge in [-0.3, -0.25) is 4.79 Å². The molecule has 0 amide bonds. The third kappa shape index (κ3) is 4.25. The smallest absolute Gasteiger partial charge is 0.245 e. The number of benzene rings is 1. The Kier molecular flexibility index (Phi) is 5.36. The van der Waals surface area contributed by atoms with Crippen LogP contribution in [0.15, 0.2) is 24.3 Å². The van der Waals surface area contributed by atoms with Gasteiger partial charge in [-0.15, -0.1) is 0 Å². The molecule has 0 saturated carbocycles. The van der Waals surface area contributed by atoms with Crippen LogP contribution in [0.1, 0.15) is 18.9 Å². The summed E-state index contributed by atoms with van der Waals surface area (Å²) >= 11 is 11.1. The molecule has 0 atom stereocenters. The van der Waals surface area contributed by atoms with Crippen molar-refractivity contribution in [3.63, 3.8) is 0 Å². The fourth-order valence-electron chi connectivity index (χ4n) is 1.15. The Bertz CT molecular complexity index is 400. The molecule has 0 aliphatic rings. The van der Waals surface area contributed by atoms with E-state index in [2.05, 4.69) is 0 Å². The van der Waals surface area contributed by atoms with Crippen LogP contribution in [0, 0.1) is 0 Å². The predicted molar refractivity (Wildman–Crippen MR) is 67.1 cm³/mol. The minimum absolute atomic E-state index is 0.526. The van der Waals surface area contributed by atoms with Crippen LogP contribution in [0.4, 0.5) is 0 Å². The second-order valence-corrected chi connectivity index (χ2v) is 3.98. The Morgan fingerprint density at radius 3 is 2.88 bits per heavy atom. The Labute approximate surface area is 105 Å². The van der Waals surface area contributed by atoms with Crippen molar-refractivity contribution in [2.24, 2.45) is 0 Å². The van der Waals surface area contributed by atoms with Crippen molar-refractivity contribution >= 4 is 34.5 Å². The second-order valence-electron chi connectivity index (χ2n) is 3.17. The van der Waals surface area contributed by atoms with E-state index in [0.717, 1.165) is 12.0 Å². The molecular formula is C12H12Cl2O2. The summed E-state index contributed by atoms with van der Waals surface area (Å²) < 4.78 is 5.51. The van der Waals surface area contributed by atoms with Crippen LogP contribution in [0.3, 0.4) is 0 Å². The number of hydrogen-bond acceptors (Lipinski definition) is 2. The van der Waals surface area contributed by atoms with Gasteiger partial charge in [0.05, 0.1) is 6.61 Å². The number of hydrogen-bond donors (Lipinski definition) is 0. The number of halogens is 2. The molecule has 1 aromatic carbocycles. The van der Waals surface area contributed by atoms with Gasteiger partial charge in [0, 0.05) is 10.6 Å². The van der Waals surface area contributed by atoms with E-state index in [0.29, 0.717) is 17.4 Å². The van der Waals surface area contributed by atoms with Crippen molar-refractivity contribution in [1.29, 1.82) is 0 Å². The summed E-state index contributed by atoms with van der Waals surface area (Å²) in [6, 6.07) is 5.24. The van der Waals surface area contributed by atoms with Crippen molar-refractivity contribution in [3.05, 3.63) is 34.9 Å². The Balaban J connectivity index is 2.93. The lowest BCUT2D eigenvalue weighted by Gasteiger charge is -2.08. The van der Waals surface area contributed by atoms with Crippen molar-refractivity contribution in [2.75, 3.05) is 6.61 Å². The van der Waals surface area contributed by atoms with Crippen molar-refractivity contribution in [1.82, 2.24) is 0 Å². The van der Waals surface area contributed by atoms with E-state index < -0.39 is 5.24 Å². The van der Waals surface area contributed by atoms with Gasteiger partial charge in [0.2, 0.25) is 5.24 Å². The van der Waals surface area contributed by atoms with Crippen molar-refractivity contribution in [2.45, 2.75) is 13.3 Å². The maximum absolute atomic E-state index is 10.6. The standard InChI is InChI=1S/C12H12Cl2O2/c1-2-7-16-11-5-4-10(13)8-9(11)3-6-12(14)15/h3-6,8H,2,7H2,1H3/b6-3+. The molecule has 0 aliphatic carbocycles. The highest BCUT2D eigenvalue weighted by molar-refractivity contribution is 6.66. The van der Waals surface area contributed by atoms with Crippen LogP contribution in [0.2, 0.25) is 5.02 Å². The fraction of sp³-hybridized carbons (Fsp3) is 0.250. The van der Waals surface area contributed by atoms with E-state index in [1.54, 1.807) is 24.3 Å². The van der Waals surface area contributed by atoms with Gasteiger partial charge in [0.15, 0.2) is 0 Å². The highest BCUT2D eigenvalue weighted by Gasteiger charge is 2.02. The monoisotopic (exact) mass is 258 g/mol. The van der Waals surface area contributed by atoms with E-state index in [9.17, 15) is 4.79 Å². The molecule has 0 aliphatic heterocycles. The summed E-state index contributed by atoms with van der Waals surface area (Å²) in [5.41, 5.74) is 0.745. The molecule has 86 valence electrons. The van der Waals surface area contributed by atoms with Gasteiger partial charge in [-0.1, -0.05) is 18.5 Å². The topological polar surface area (TPSA) is 26.3 Å². The number of ether oxygens (including phenoxy) is 1. The molecule has 0 fully saturated rings. The molecule has 1 aromatic rings. The first-order valence-electron chi connectivity index (χ1n) is 4.93. The maximum atomic E-state index is 10.6. The summed E-state index contributed by atoms with van der Waals surface area (Å²) in [5, 5.41) is 0.0620. The lowest BCUT2D eigenvalue weighted by molar-refractivity contribution is -0.107. The van der Waals surface area contributed by atoms with Gasteiger partial charge in [-0.2, -0.15) is 0 Å². The fourth-order valence-corrected chi connectivity index (χ4v) is 1.39. The predicted octanol–water partition coefficient (Wildman–Crippen LogP) is 3.91. The summed E-state index contributed by atoms with van der Waals surface area (Å²) in [5.74, 6) is 0.695. The van der Waals surface area contributed by atoms with Gasteiger partial charge in [-0.25, -0.2) is 0 Å². The molecular weight excluding hydrogens is 247 g/mol. The normalized spacial score (nSPS) is 10.7. The van der Waals surface area contributed by atoms with E-state index >= 15 is 0 Å². The van der Waals surface area contributed by atoms with Crippen LogP contribution in [-0.4, -0.2) is 11.8 Å². The molecule has 0 spiro atoms. The number of carbonyl (C=O) groups is 1. The van der Waals surface area contributed by atoms with Crippen LogP contribution in [-0.2, 0) is 4.79 Å². The molecule has 0 bridgehead atoms. The minimum Gasteiger partial charge on any atom is -0.493 e. The molecule has 0 N–H and O–H groups in total. The van der Waals surface area contributed by atoms with Gasteiger partial charge in [0.25, 0.3) is 0 Å². The summed E-state index contributed by atoms with van der Waals surface area (Å²) in [6.07, 6.45) is 3.78. The second kappa shape index (κ2) is 6.56. The first-order chi connectivity index (χ1) is 7.63. The molecule has 4 heteroatoms. The Morgan fingerprint density at radius 1 is 1.50 bits per heavy atom. The first kappa shape index (κ1) is 13.1. The highest BCUT2D eigenvalue weighted by atomic mass is 35.5. The molecule has 0 aromatic heterocycles. The minimum atomic E-state index is -0.526. The Hall–Kier alpha value is -0.990. The van der Waals surface area contributed by atoms with Crippen molar-refractivity contribution in [3.8, 4) is 5.75 Å². The first-order valence-corrected chi connectivity index (χ1v) is 5.69. The summed E-state index contributed by atoms with van der Waals surface area (Å²) in [7, 11) is 0. The van der Waals surface area contributed by atoms with Crippen molar-refractivity contribution < 1.29 is 9.53 Å². The zero-order valence-electron chi connectivity index (χ0n) is 8.87. The highest BCUT2D eigenvalue weighted by Crippen LogP contribution is 2.24. The average molecular weight is 259 g/mol. The van der Waals surface area contributed by atoms with Crippen LogP contribution in [0.25, 0.3) is 6.08 Å². The van der Waals surface area contributed by atoms with E-state index in [4.69, 9.17) is 27.9 Å². The molecule has 0 unspecified atom stereocenters. The lowest BCUT2D eigenvalue weighted by Crippen LogP contribution is -1.96. The molecule has 1 rings (SSSR count).